The summed E-state index contributed by atoms with van der Waals surface area (Å²) in [5.74, 6) is -0.708. The zero-order valence-corrected chi connectivity index (χ0v) is 13.3. The highest BCUT2D eigenvalue weighted by Gasteiger charge is 2.24. The van der Waals surface area contributed by atoms with Crippen LogP contribution in [0.1, 0.15) is 22.8 Å². The van der Waals surface area contributed by atoms with Gasteiger partial charge in [0.15, 0.2) is 0 Å². The molecule has 3 rings (SSSR count). The van der Waals surface area contributed by atoms with Gasteiger partial charge in [-0.25, -0.2) is 9.07 Å². The number of aromatic nitrogens is 3. The van der Waals surface area contributed by atoms with E-state index < -0.39 is 5.60 Å². The van der Waals surface area contributed by atoms with Gasteiger partial charge in [-0.2, -0.15) is 0 Å². The van der Waals surface area contributed by atoms with Gasteiger partial charge in [0.25, 0.3) is 5.91 Å². The van der Waals surface area contributed by atoms with Gasteiger partial charge in [-0.1, -0.05) is 17.3 Å². The van der Waals surface area contributed by atoms with Crippen molar-refractivity contribution in [2.45, 2.75) is 12.5 Å². The lowest BCUT2D eigenvalue weighted by atomic mass is 9.96. The van der Waals surface area contributed by atoms with Crippen LogP contribution in [0.4, 0.5) is 4.39 Å². The predicted molar refractivity (Wildman–Crippen MR) is 86.8 cm³/mol. The number of carbonyl (C=O) groups is 1. The Morgan fingerprint density at radius 2 is 2.00 bits per heavy atom. The molecule has 7 heteroatoms. The molecule has 0 bridgehead atoms. The molecule has 1 atom stereocenters. The number of nitrogens with zero attached hydrogens (tertiary/aromatic N) is 3. The number of halogens is 1. The number of aliphatic hydroxyl groups is 1. The second-order valence-corrected chi connectivity index (χ2v) is 5.88. The molecule has 0 aliphatic rings. The monoisotopic (exact) mass is 328 g/mol. The predicted octanol–water partition coefficient (Wildman–Crippen LogP) is 1.74. The fraction of sp³-hybridized carbons (Fsp3) is 0.235. The summed E-state index contributed by atoms with van der Waals surface area (Å²) < 4.78 is 14.6. The summed E-state index contributed by atoms with van der Waals surface area (Å²) in [5.41, 5.74) is 1.09. The maximum absolute atomic E-state index is 13.0. The number of hydrogen-bond donors (Lipinski definition) is 2. The molecule has 0 saturated heterocycles. The van der Waals surface area contributed by atoms with Crippen LogP contribution in [0.15, 0.2) is 42.5 Å². The van der Waals surface area contributed by atoms with Crippen molar-refractivity contribution in [2.75, 3.05) is 6.54 Å². The minimum absolute atomic E-state index is 0.00400. The van der Waals surface area contributed by atoms with Crippen molar-refractivity contribution in [1.82, 2.24) is 20.3 Å². The Hall–Kier alpha value is -2.80. The number of carbonyl (C=O) groups excluding carboxylic acids is 1. The van der Waals surface area contributed by atoms with Gasteiger partial charge >= 0.3 is 0 Å². The van der Waals surface area contributed by atoms with E-state index in [1.807, 2.05) is 0 Å². The van der Waals surface area contributed by atoms with Gasteiger partial charge in [0.05, 0.1) is 12.1 Å². The average molecular weight is 328 g/mol. The number of rotatable bonds is 4. The average Bonchev–Trinajstić information content (AvgIpc) is 2.94. The molecule has 2 N–H and O–H groups in total. The molecule has 1 unspecified atom stereocenters. The van der Waals surface area contributed by atoms with E-state index in [0.29, 0.717) is 16.6 Å². The van der Waals surface area contributed by atoms with Gasteiger partial charge < -0.3 is 10.4 Å². The smallest absolute Gasteiger partial charge is 0.251 e. The first-order chi connectivity index (χ1) is 11.4. The molecule has 0 spiro atoms. The van der Waals surface area contributed by atoms with E-state index in [9.17, 15) is 14.3 Å². The van der Waals surface area contributed by atoms with Crippen molar-refractivity contribution in [2.24, 2.45) is 7.05 Å². The molecule has 0 aliphatic heterocycles. The minimum atomic E-state index is -1.31. The molecule has 6 nitrogen and oxygen atoms in total. The minimum Gasteiger partial charge on any atom is -0.384 e. The zero-order chi connectivity index (χ0) is 17.3. The largest absolute Gasteiger partial charge is 0.384 e. The molecule has 0 fully saturated rings. The van der Waals surface area contributed by atoms with Crippen LogP contribution in [0.5, 0.6) is 0 Å². The Bertz CT molecular complexity index is 887. The Kier molecular flexibility index (Phi) is 4.02. The van der Waals surface area contributed by atoms with E-state index in [-0.39, 0.29) is 18.3 Å². The van der Waals surface area contributed by atoms with E-state index in [1.54, 1.807) is 36.9 Å². The fourth-order valence-corrected chi connectivity index (χ4v) is 2.45. The highest BCUT2D eigenvalue weighted by molar-refractivity contribution is 5.97. The summed E-state index contributed by atoms with van der Waals surface area (Å²) in [5, 5.41) is 21.0. The maximum Gasteiger partial charge on any atom is 0.251 e. The van der Waals surface area contributed by atoms with E-state index in [0.717, 1.165) is 5.52 Å². The maximum atomic E-state index is 13.0. The number of amides is 1. The SMILES string of the molecule is Cn1nnc2cc(C(=O)NCC(C)(O)c3ccc(F)cc3)ccc21. The summed E-state index contributed by atoms with van der Waals surface area (Å²) in [4.78, 5) is 12.3. The standard InChI is InChI=1S/C17H17FN4O2/c1-17(24,12-4-6-13(18)7-5-12)10-19-16(23)11-3-8-15-14(9-11)20-21-22(15)2/h3-9,24H,10H2,1-2H3,(H,19,23). The third kappa shape index (κ3) is 3.11. The number of aryl methyl sites for hydroxylation is 1. The molecular formula is C17H17FN4O2. The van der Waals surface area contributed by atoms with Gasteiger partial charge in [0.1, 0.15) is 16.9 Å². The number of fused-ring (bicyclic) bond motifs is 1. The Morgan fingerprint density at radius 1 is 1.29 bits per heavy atom. The molecule has 0 saturated carbocycles. The second kappa shape index (κ2) is 6.01. The first-order valence-electron chi connectivity index (χ1n) is 7.43. The Balaban J connectivity index is 1.72. The number of nitrogens with one attached hydrogen (secondary N) is 1. The zero-order valence-electron chi connectivity index (χ0n) is 13.3. The molecule has 0 radical (unpaired) electrons. The van der Waals surface area contributed by atoms with E-state index in [4.69, 9.17) is 0 Å². The van der Waals surface area contributed by atoms with Crippen molar-refractivity contribution in [3.05, 3.63) is 59.4 Å². The second-order valence-electron chi connectivity index (χ2n) is 5.88. The van der Waals surface area contributed by atoms with Crippen LogP contribution in [-0.4, -0.2) is 32.6 Å². The quantitative estimate of drug-likeness (QED) is 0.764. The lowest BCUT2D eigenvalue weighted by Gasteiger charge is -2.24. The van der Waals surface area contributed by atoms with Gasteiger partial charge in [0.2, 0.25) is 0 Å². The molecule has 1 heterocycles. The van der Waals surface area contributed by atoms with Crippen LogP contribution in [0, 0.1) is 5.82 Å². The molecule has 124 valence electrons. The van der Waals surface area contributed by atoms with Gasteiger partial charge in [-0.3, -0.25) is 4.79 Å². The van der Waals surface area contributed by atoms with Gasteiger partial charge in [0, 0.05) is 12.6 Å². The van der Waals surface area contributed by atoms with Crippen molar-refractivity contribution in [1.29, 1.82) is 0 Å². The van der Waals surface area contributed by atoms with Crippen LogP contribution >= 0.6 is 0 Å². The third-order valence-electron chi connectivity index (χ3n) is 3.93. The van der Waals surface area contributed by atoms with E-state index in [1.165, 1.54) is 24.3 Å². The molecule has 0 aliphatic carbocycles. The van der Waals surface area contributed by atoms with Crippen LogP contribution in [-0.2, 0) is 12.6 Å². The van der Waals surface area contributed by atoms with Gasteiger partial charge in [-0.15, -0.1) is 5.10 Å². The Labute approximate surface area is 137 Å². The van der Waals surface area contributed by atoms with E-state index in [2.05, 4.69) is 15.6 Å². The summed E-state index contributed by atoms with van der Waals surface area (Å²) in [7, 11) is 1.77. The van der Waals surface area contributed by atoms with Crippen LogP contribution in [0.25, 0.3) is 11.0 Å². The molecule has 2 aromatic carbocycles. The lowest BCUT2D eigenvalue weighted by Crippen LogP contribution is -2.38. The van der Waals surface area contributed by atoms with Crippen LogP contribution in [0.2, 0.25) is 0 Å². The molecule has 1 amide bonds. The Morgan fingerprint density at radius 3 is 2.71 bits per heavy atom. The summed E-state index contributed by atoms with van der Waals surface area (Å²) in [6.45, 7) is 1.56. The van der Waals surface area contributed by atoms with Crippen molar-refractivity contribution < 1.29 is 14.3 Å². The third-order valence-corrected chi connectivity index (χ3v) is 3.93. The summed E-state index contributed by atoms with van der Waals surface area (Å²) in [6.07, 6.45) is 0. The van der Waals surface area contributed by atoms with Crippen LogP contribution < -0.4 is 5.32 Å². The lowest BCUT2D eigenvalue weighted by molar-refractivity contribution is 0.0526. The van der Waals surface area contributed by atoms with Crippen molar-refractivity contribution in [3.8, 4) is 0 Å². The topological polar surface area (TPSA) is 80.0 Å². The molecule has 1 aromatic heterocycles. The summed E-state index contributed by atoms with van der Waals surface area (Å²) in [6, 6.07) is 10.6. The highest BCUT2D eigenvalue weighted by atomic mass is 19.1. The fourth-order valence-electron chi connectivity index (χ4n) is 2.45. The first kappa shape index (κ1) is 16.1. The summed E-state index contributed by atoms with van der Waals surface area (Å²) >= 11 is 0. The molecule has 24 heavy (non-hydrogen) atoms. The number of hydrogen-bond acceptors (Lipinski definition) is 4. The normalized spacial score (nSPS) is 13.7. The van der Waals surface area contributed by atoms with Crippen molar-refractivity contribution in [3.63, 3.8) is 0 Å². The molecular weight excluding hydrogens is 311 g/mol. The highest BCUT2D eigenvalue weighted by Crippen LogP contribution is 2.20. The van der Waals surface area contributed by atoms with Crippen LogP contribution in [0.3, 0.4) is 0 Å². The number of benzene rings is 2. The first-order valence-corrected chi connectivity index (χ1v) is 7.43. The van der Waals surface area contributed by atoms with Crippen molar-refractivity contribution >= 4 is 16.9 Å². The van der Waals surface area contributed by atoms with Gasteiger partial charge in [-0.05, 0) is 42.8 Å². The van der Waals surface area contributed by atoms with E-state index >= 15 is 0 Å². The molecule has 3 aromatic rings.